The first kappa shape index (κ1) is 20.8. The van der Waals surface area contributed by atoms with Crippen LogP contribution in [0.4, 0.5) is 5.69 Å². The van der Waals surface area contributed by atoms with Crippen LogP contribution in [0.3, 0.4) is 0 Å². The minimum atomic E-state index is 0.274. The Bertz CT molecular complexity index is 735. The van der Waals surface area contributed by atoms with Crippen molar-refractivity contribution >= 4 is 11.6 Å². The molecule has 0 fully saturated rings. The number of anilines is 1. The van der Waals surface area contributed by atoms with Crippen LogP contribution in [0.1, 0.15) is 30.8 Å². The van der Waals surface area contributed by atoms with Crippen molar-refractivity contribution in [3.8, 4) is 0 Å². The third-order valence-corrected chi connectivity index (χ3v) is 4.80. The van der Waals surface area contributed by atoms with Gasteiger partial charge in [-0.2, -0.15) is 5.10 Å². The Morgan fingerprint density at radius 3 is 2.56 bits per heavy atom. The Morgan fingerprint density at radius 2 is 1.96 bits per heavy atom. The lowest BCUT2D eigenvalue weighted by molar-refractivity contribution is 0.635. The maximum absolute atomic E-state index is 4.74. The molecule has 0 saturated heterocycles. The summed E-state index contributed by atoms with van der Waals surface area (Å²) in [5.74, 6) is 0.866. The summed E-state index contributed by atoms with van der Waals surface area (Å²) in [5.41, 5.74) is 4.86. The number of guanidine groups is 1. The van der Waals surface area contributed by atoms with Gasteiger partial charge in [-0.05, 0) is 51.8 Å². The minimum absolute atomic E-state index is 0.274. The van der Waals surface area contributed by atoms with Gasteiger partial charge < -0.3 is 15.5 Å². The summed E-state index contributed by atoms with van der Waals surface area (Å²) in [6.07, 6.45) is 0.930. The summed E-state index contributed by atoms with van der Waals surface area (Å²) >= 11 is 0. The summed E-state index contributed by atoms with van der Waals surface area (Å²) in [6.45, 7) is 10.9. The maximum Gasteiger partial charge on any atom is 0.191 e. The Labute approximate surface area is 163 Å². The predicted molar refractivity (Wildman–Crippen MR) is 115 cm³/mol. The molecule has 0 aliphatic carbocycles. The molecule has 0 bridgehead atoms. The lowest BCUT2D eigenvalue weighted by Gasteiger charge is -2.20. The number of nitrogens with one attached hydrogen (secondary N) is 2. The van der Waals surface area contributed by atoms with Crippen molar-refractivity contribution in [2.45, 2.75) is 40.2 Å². The van der Waals surface area contributed by atoms with E-state index in [1.165, 1.54) is 16.9 Å². The van der Waals surface area contributed by atoms with Crippen LogP contribution >= 0.6 is 0 Å². The third kappa shape index (κ3) is 6.01. The highest BCUT2D eigenvalue weighted by molar-refractivity contribution is 5.80. The molecule has 2 rings (SSSR count). The maximum atomic E-state index is 4.74. The Morgan fingerprint density at radius 1 is 1.26 bits per heavy atom. The molecule has 0 spiro atoms. The van der Waals surface area contributed by atoms with Crippen molar-refractivity contribution in [1.29, 1.82) is 0 Å². The molecular weight excluding hydrogens is 336 g/mol. The molecule has 6 heteroatoms. The van der Waals surface area contributed by atoms with Crippen LogP contribution < -0.4 is 15.5 Å². The van der Waals surface area contributed by atoms with E-state index >= 15 is 0 Å². The van der Waals surface area contributed by atoms with Crippen molar-refractivity contribution in [3.63, 3.8) is 0 Å². The summed E-state index contributed by atoms with van der Waals surface area (Å²) < 4.78 is 1.95. The van der Waals surface area contributed by atoms with Crippen LogP contribution in [0.2, 0.25) is 0 Å². The number of aromatic nitrogens is 2. The topological polar surface area (TPSA) is 57.5 Å². The molecule has 6 nitrogen and oxygen atoms in total. The standard InChI is InChI=1S/C21H34N6/c1-7-22-21(23-13-14-26(5)19-11-9-8-10-12-19)24-16(2)15-20-17(3)25-27(6)18(20)4/h8-12,16H,7,13-15H2,1-6H3,(H2,22,23,24). The largest absolute Gasteiger partial charge is 0.373 e. The molecule has 0 amide bonds. The van der Waals surface area contributed by atoms with E-state index in [1.807, 2.05) is 17.8 Å². The zero-order chi connectivity index (χ0) is 19.8. The quantitative estimate of drug-likeness (QED) is 0.554. The second-order valence-corrected chi connectivity index (χ2v) is 7.04. The van der Waals surface area contributed by atoms with Gasteiger partial charge in [0.15, 0.2) is 5.96 Å². The fourth-order valence-electron chi connectivity index (χ4n) is 3.15. The van der Waals surface area contributed by atoms with Gasteiger partial charge in [0.1, 0.15) is 0 Å². The van der Waals surface area contributed by atoms with Gasteiger partial charge in [0.25, 0.3) is 0 Å². The van der Waals surface area contributed by atoms with Crippen molar-refractivity contribution in [2.75, 3.05) is 31.6 Å². The average molecular weight is 371 g/mol. The number of likely N-dealkylation sites (N-methyl/N-ethyl adjacent to an activating group) is 1. The van der Waals surface area contributed by atoms with E-state index < -0.39 is 0 Å². The highest BCUT2D eigenvalue weighted by Gasteiger charge is 2.14. The highest BCUT2D eigenvalue weighted by atomic mass is 15.3. The first-order valence-electron chi connectivity index (χ1n) is 9.72. The van der Waals surface area contributed by atoms with Gasteiger partial charge in [-0.1, -0.05) is 18.2 Å². The van der Waals surface area contributed by atoms with Crippen molar-refractivity contribution in [1.82, 2.24) is 20.4 Å². The molecule has 2 N–H and O–H groups in total. The number of hydrogen-bond donors (Lipinski definition) is 2. The summed E-state index contributed by atoms with van der Waals surface area (Å²) in [5, 5.41) is 11.4. The number of aryl methyl sites for hydroxylation is 2. The van der Waals surface area contributed by atoms with Crippen molar-refractivity contribution in [3.05, 3.63) is 47.3 Å². The molecule has 1 heterocycles. The van der Waals surface area contributed by atoms with Gasteiger partial charge in [-0.25, -0.2) is 0 Å². The zero-order valence-corrected chi connectivity index (χ0v) is 17.6. The second kappa shape index (κ2) is 10.00. The smallest absolute Gasteiger partial charge is 0.191 e. The zero-order valence-electron chi connectivity index (χ0n) is 17.6. The molecule has 27 heavy (non-hydrogen) atoms. The predicted octanol–water partition coefficient (Wildman–Crippen LogP) is 2.66. The summed E-state index contributed by atoms with van der Waals surface area (Å²) in [6, 6.07) is 10.7. The van der Waals surface area contributed by atoms with E-state index in [-0.39, 0.29) is 6.04 Å². The Balaban J connectivity index is 1.92. The molecule has 1 unspecified atom stereocenters. The van der Waals surface area contributed by atoms with E-state index in [2.05, 4.69) is 79.6 Å². The van der Waals surface area contributed by atoms with Crippen molar-refractivity contribution < 1.29 is 0 Å². The molecule has 0 aliphatic rings. The number of nitrogens with zero attached hydrogens (tertiary/aromatic N) is 4. The molecule has 1 aromatic heterocycles. The number of aliphatic imine (C=N–C) groups is 1. The molecule has 2 aromatic rings. The lowest BCUT2D eigenvalue weighted by atomic mass is 10.1. The van der Waals surface area contributed by atoms with Crippen LogP contribution in [0.5, 0.6) is 0 Å². The SMILES string of the molecule is CCNC(=NCCN(C)c1ccccc1)NC(C)Cc1c(C)nn(C)c1C. The summed E-state index contributed by atoms with van der Waals surface area (Å²) in [7, 11) is 4.10. The third-order valence-electron chi connectivity index (χ3n) is 4.80. The summed E-state index contributed by atoms with van der Waals surface area (Å²) in [4.78, 5) is 6.96. The van der Waals surface area contributed by atoms with Crippen LogP contribution in [0, 0.1) is 13.8 Å². The van der Waals surface area contributed by atoms with Crippen LogP contribution in [0.15, 0.2) is 35.3 Å². The first-order valence-corrected chi connectivity index (χ1v) is 9.72. The number of rotatable bonds is 8. The number of para-hydroxylation sites is 1. The molecule has 148 valence electrons. The van der Waals surface area contributed by atoms with E-state index in [9.17, 15) is 0 Å². The molecule has 0 radical (unpaired) electrons. The van der Waals surface area contributed by atoms with E-state index in [0.717, 1.165) is 37.7 Å². The molecular formula is C21H34N6. The lowest BCUT2D eigenvalue weighted by Crippen LogP contribution is -2.43. The fourth-order valence-corrected chi connectivity index (χ4v) is 3.15. The van der Waals surface area contributed by atoms with E-state index in [0.29, 0.717) is 0 Å². The second-order valence-electron chi connectivity index (χ2n) is 7.04. The van der Waals surface area contributed by atoms with Gasteiger partial charge in [0.2, 0.25) is 0 Å². The van der Waals surface area contributed by atoms with Gasteiger partial charge in [-0.15, -0.1) is 0 Å². The van der Waals surface area contributed by atoms with E-state index in [4.69, 9.17) is 4.99 Å². The monoisotopic (exact) mass is 370 g/mol. The van der Waals surface area contributed by atoms with Crippen LogP contribution in [-0.2, 0) is 13.5 Å². The molecule has 0 aliphatic heterocycles. The van der Waals surface area contributed by atoms with Gasteiger partial charge >= 0.3 is 0 Å². The van der Waals surface area contributed by atoms with Crippen molar-refractivity contribution in [2.24, 2.45) is 12.0 Å². The first-order chi connectivity index (χ1) is 12.9. The van der Waals surface area contributed by atoms with Gasteiger partial charge in [-0.3, -0.25) is 9.67 Å². The van der Waals surface area contributed by atoms with Gasteiger partial charge in [0.05, 0.1) is 12.2 Å². The van der Waals surface area contributed by atoms with E-state index in [1.54, 1.807) is 0 Å². The Kier molecular flexibility index (Phi) is 7.70. The van der Waals surface area contributed by atoms with Crippen LogP contribution in [-0.4, -0.2) is 48.5 Å². The fraction of sp³-hybridized carbons (Fsp3) is 0.524. The Hall–Kier alpha value is -2.50. The molecule has 0 saturated carbocycles. The molecule has 1 atom stereocenters. The number of hydrogen-bond acceptors (Lipinski definition) is 3. The number of benzene rings is 1. The minimum Gasteiger partial charge on any atom is -0.373 e. The van der Waals surface area contributed by atoms with Gasteiger partial charge in [0, 0.05) is 44.6 Å². The van der Waals surface area contributed by atoms with Crippen LogP contribution in [0.25, 0.3) is 0 Å². The highest BCUT2D eigenvalue weighted by Crippen LogP contribution is 2.14. The molecule has 1 aromatic carbocycles. The average Bonchev–Trinajstić information content (AvgIpc) is 2.88. The normalized spacial score (nSPS) is 12.7.